The summed E-state index contributed by atoms with van der Waals surface area (Å²) in [6.07, 6.45) is 0.864. The van der Waals surface area contributed by atoms with Crippen LogP contribution in [0, 0.1) is 0 Å². The molecule has 0 bridgehead atoms. The number of para-hydroxylation sites is 1. The van der Waals surface area contributed by atoms with Gasteiger partial charge in [-0.2, -0.15) is 0 Å². The van der Waals surface area contributed by atoms with Crippen LogP contribution in [0.3, 0.4) is 0 Å². The van der Waals surface area contributed by atoms with E-state index < -0.39 is 5.69 Å². The number of carbonyl (C=O) groups excluding carboxylic acids is 1. The van der Waals surface area contributed by atoms with Crippen molar-refractivity contribution in [1.29, 1.82) is 0 Å². The first-order valence-corrected chi connectivity index (χ1v) is 11.1. The zero-order valence-electron chi connectivity index (χ0n) is 18.3. The second-order valence-corrected chi connectivity index (χ2v) is 8.01. The SMILES string of the molecule is CCn1c(=O)[nH]c2cc(C(=O)NCCCN3CCN(c4ccccc4)CC3)ccc2c1=O. The third-order valence-electron chi connectivity index (χ3n) is 5.99. The number of fused-ring (bicyclic) bond motifs is 1. The third kappa shape index (κ3) is 4.75. The topological polar surface area (TPSA) is 90.4 Å². The second-order valence-electron chi connectivity index (χ2n) is 8.01. The molecule has 3 aromatic rings. The number of hydrogen-bond donors (Lipinski definition) is 2. The lowest BCUT2D eigenvalue weighted by atomic mass is 10.1. The van der Waals surface area contributed by atoms with Crippen LogP contribution in [-0.4, -0.2) is 59.6 Å². The number of anilines is 1. The maximum absolute atomic E-state index is 12.5. The lowest BCUT2D eigenvalue weighted by molar-refractivity contribution is 0.0951. The molecular formula is C24H29N5O3. The van der Waals surface area contributed by atoms with Crippen molar-refractivity contribution >= 4 is 22.5 Å². The van der Waals surface area contributed by atoms with Gasteiger partial charge in [-0.05, 0) is 50.2 Å². The van der Waals surface area contributed by atoms with E-state index in [0.29, 0.717) is 29.6 Å². The van der Waals surface area contributed by atoms with Gasteiger partial charge in [-0.1, -0.05) is 18.2 Å². The van der Waals surface area contributed by atoms with Crippen LogP contribution in [-0.2, 0) is 6.54 Å². The number of nitrogens with one attached hydrogen (secondary N) is 2. The summed E-state index contributed by atoms with van der Waals surface area (Å²) in [5.41, 5.74) is 1.28. The minimum Gasteiger partial charge on any atom is -0.369 e. The molecule has 1 aliphatic heterocycles. The van der Waals surface area contributed by atoms with E-state index in [1.54, 1.807) is 25.1 Å². The molecule has 2 aromatic carbocycles. The Bertz CT molecular complexity index is 1190. The maximum atomic E-state index is 12.5. The normalized spacial score (nSPS) is 14.6. The summed E-state index contributed by atoms with van der Waals surface area (Å²) in [6, 6.07) is 15.3. The zero-order chi connectivity index (χ0) is 22.5. The van der Waals surface area contributed by atoms with E-state index in [-0.39, 0.29) is 11.5 Å². The van der Waals surface area contributed by atoms with Gasteiger partial charge >= 0.3 is 5.69 Å². The highest BCUT2D eigenvalue weighted by Crippen LogP contribution is 2.15. The van der Waals surface area contributed by atoms with E-state index in [9.17, 15) is 14.4 Å². The highest BCUT2D eigenvalue weighted by atomic mass is 16.2. The fourth-order valence-electron chi connectivity index (χ4n) is 4.16. The largest absolute Gasteiger partial charge is 0.369 e. The van der Waals surface area contributed by atoms with Crippen LogP contribution in [0.4, 0.5) is 5.69 Å². The monoisotopic (exact) mass is 435 g/mol. The highest BCUT2D eigenvalue weighted by molar-refractivity contribution is 5.97. The minimum absolute atomic E-state index is 0.207. The summed E-state index contributed by atoms with van der Waals surface area (Å²) < 4.78 is 1.14. The van der Waals surface area contributed by atoms with Crippen molar-refractivity contribution < 1.29 is 4.79 Å². The number of benzene rings is 2. The number of H-pyrrole nitrogens is 1. The van der Waals surface area contributed by atoms with Gasteiger partial charge in [-0.15, -0.1) is 0 Å². The van der Waals surface area contributed by atoms with Crippen molar-refractivity contribution in [3.05, 3.63) is 74.9 Å². The fourth-order valence-corrected chi connectivity index (χ4v) is 4.16. The predicted octanol–water partition coefficient (Wildman–Crippen LogP) is 1.65. The van der Waals surface area contributed by atoms with Crippen molar-refractivity contribution in [3.63, 3.8) is 0 Å². The molecule has 0 unspecified atom stereocenters. The van der Waals surface area contributed by atoms with Crippen molar-refractivity contribution in [2.75, 3.05) is 44.2 Å². The Morgan fingerprint density at radius 1 is 1.03 bits per heavy atom. The van der Waals surface area contributed by atoms with Crippen molar-refractivity contribution in [1.82, 2.24) is 19.8 Å². The molecule has 0 atom stereocenters. The lowest BCUT2D eigenvalue weighted by Gasteiger charge is -2.36. The molecule has 1 aromatic heterocycles. The molecule has 1 fully saturated rings. The molecule has 32 heavy (non-hydrogen) atoms. The van der Waals surface area contributed by atoms with Crippen LogP contribution in [0.1, 0.15) is 23.7 Å². The average molecular weight is 436 g/mol. The fraction of sp³-hybridized carbons (Fsp3) is 0.375. The van der Waals surface area contributed by atoms with Gasteiger partial charge in [0.15, 0.2) is 0 Å². The molecule has 0 spiro atoms. The summed E-state index contributed by atoms with van der Waals surface area (Å²) in [5.74, 6) is -0.207. The number of carbonyl (C=O) groups is 1. The average Bonchev–Trinajstić information content (AvgIpc) is 2.82. The van der Waals surface area contributed by atoms with Gasteiger partial charge in [0.25, 0.3) is 11.5 Å². The van der Waals surface area contributed by atoms with Gasteiger partial charge in [-0.25, -0.2) is 4.79 Å². The van der Waals surface area contributed by atoms with Crippen LogP contribution in [0.15, 0.2) is 58.1 Å². The summed E-state index contributed by atoms with van der Waals surface area (Å²) in [7, 11) is 0. The van der Waals surface area contributed by atoms with Gasteiger partial charge in [0.2, 0.25) is 0 Å². The number of aromatic nitrogens is 2. The summed E-state index contributed by atoms with van der Waals surface area (Å²) in [5, 5.41) is 3.34. The summed E-state index contributed by atoms with van der Waals surface area (Å²) in [6.45, 7) is 7.58. The highest BCUT2D eigenvalue weighted by Gasteiger charge is 2.17. The molecule has 4 rings (SSSR count). The number of aromatic amines is 1. The van der Waals surface area contributed by atoms with Crippen LogP contribution in [0.5, 0.6) is 0 Å². The van der Waals surface area contributed by atoms with Crippen molar-refractivity contribution in [2.24, 2.45) is 0 Å². The van der Waals surface area contributed by atoms with Gasteiger partial charge in [0.05, 0.1) is 10.9 Å². The molecule has 8 heteroatoms. The Balaban J connectivity index is 1.26. The molecule has 1 aliphatic rings. The quantitative estimate of drug-likeness (QED) is 0.551. The Kier molecular flexibility index (Phi) is 6.70. The van der Waals surface area contributed by atoms with Gasteiger partial charge < -0.3 is 15.2 Å². The number of amides is 1. The second kappa shape index (κ2) is 9.82. The van der Waals surface area contributed by atoms with Crippen LogP contribution >= 0.6 is 0 Å². The number of hydrogen-bond acceptors (Lipinski definition) is 5. The van der Waals surface area contributed by atoms with Gasteiger partial charge in [0.1, 0.15) is 0 Å². The smallest absolute Gasteiger partial charge is 0.328 e. The Morgan fingerprint density at radius 2 is 1.78 bits per heavy atom. The van der Waals surface area contributed by atoms with Crippen LogP contribution < -0.4 is 21.5 Å². The van der Waals surface area contributed by atoms with Gasteiger partial charge in [0, 0.05) is 50.5 Å². The lowest BCUT2D eigenvalue weighted by Crippen LogP contribution is -2.47. The first kappa shape index (κ1) is 21.8. The molecule has 1 amide bonds. The maximum Gasteiger partial charge on any atom is 0.328 e. The number of rotatable bonds is 7. The Morgan fingerprint density at radius 3 is 2.50 bits per heavy atom. The first-order chi connectivity index (χ1) is 15.6. The van der Waals surface area contributed by atoms with Crippen molar-refractivity contribution in [3.8, 4) is 0 Å². The molecule has 0 aliphatic carbocycles. The third-order valence-corrected chi connectivity index (χ3v) is 5.99. The molecule has 2 N–H and O–H groups in total. The van der Waals surface area contributed by atoms with Crippen LogP contribution in [0.25, 0.3) is 10.9 Å². The predicted molar refractivity (Wildman–Crippen MR) is 127 cm³/mol. The van der Waals surface area contributed by atoms with E-state index in [0.717, 1.165) is 43.7 Å². The Labute approximate surface area is 186 Å². The molecule has 168 valence electrons. The van der Waals surface area contributed by atoms with E-state index in [1.165, 1.54) is 5.69 Å². The van der Waals surface area contributed by atoms with Crippen LogP contribution in [0.2, 0.25) is 0 Å². The van der Waals surface area contributed by atoms with Crippen molar-refractivity contribution in [2.45, 2.75) is 19.9 Å². The standard InChI is InChI=1S/C24H29N5O3/c1-2-29-23(31)20-10-9-18(17-21(20)26-24(29)32)22(30)25-11-6-12-27-13-15-28(16-14-27)19-7-4-3-5-8-19/h3-5,7-10,17H,2,6,11-16H2,1H3,(H,25,30)(H,26,32). The zero-order valence-corrected chi connectivity index (χ0v) is 18.3. The van der Waals surface area contributed by atoms with E-state index in [1.807, 2.05) is 6.07 Å². The number of nitrogens with zero attached hydrogens (tertiary/aromatic N) is 3. The van der Waals surface area contributed by atoms with E-state index in [2.05, 4.69) is 44.4 Å². The molecule has 1 saturated heterocycles. The molecule has 0 radical (unpaired) electrons. The van der Waals surface area contributed by atoms with Gasteiger partial charge in [-0.3, -0.25) is 19.1 Å². The van der Waals surface area contributed by atoms with E-state index >= 15 is 0 Å². The molecule has 0 saturated carbocycles. The first-order valence-electron chi connectivity index (χ1n) is 11.1. The molecule has 2 heterocycles. The molecule has 8 nitrogen and oxygen atoms in total. The summed E-state index contributed by atoms with van der Waals surface area (Å²) in [4.78, 5) is 44.4. The molecular weight excluding hydrogens is 406 g/mol. The minimum atomic E-state index is -0.463. The Hall–Kier alpha value is -3.39. The number of piperazine rings is 1. The summed E-state index contributed by atoms with van der Waals surface area (Å²) >= 11 is 0. The van der Waals surface area contributed by atoms with E-state index in [4.69, 9.17) is 0 Å².